The molecule has 0 aliphatic carbocycles. The van der Waals surface area contributed by atoms with Gasteiger partial charge in [-0.1, -0.05) is 37.9 Å². The first-order valence-corrected chi connectivity index (χ1v) is 7.09. The molecule has 0 aliphatic rings. The molecule has 0 amide bonds. The van der Waals surface area contributed by atoms with E-state index in [1.54, 1.807) is 11.9 Å². The second kappa shape index (κ2) is 5.96. The molecular formula is C13H21N3S. The van der Waals surface area contributed by atoms with Crippen molar-refractivity contribution < 1.29 is 0 Å². The van der Waals surface area contributed by atoms with Crippen LogP contribution in [-0.2, 0) is 7.05 Å². The molecule has 17 heavy (non-hydrogen) atoms. The molecule has 0 bridgehead atoms. The van der Waals surface area contributed by atoms with Gasteiger partial charge < -0.3 is 4.72 Å². The lowest BCUT2D eigenvalue weighted by Gasteiger charge is -2.02. The maximum Gasteiger partial charge on any atom is 0.166 e. The van der Waals surface area contributed by atoms with Crippen LogP contribution in [0.5, 0.6) is 0 Å². The number of aromatic nitrogens is 2. The Balaban J connectivity index is 0.000000686. The largest absolute Gasteiger partial charge is 0.313 e. The van der Waals surface area contributed by atoms with Gasteiger partial charge in [-0.15, -0.1) is 0 Å². The minimum Gasteiger partial charge on any atom is -0.313 e. The molecule has 0 aliphatic heterocycles. The van der Waals surface area contributed by atoms with Crippen LogP contribution in [0.15, 0.2) is 12.1 Å². The highest BCUT2D eigenvalue weighted by atomic mass is 32.2. The molecule has 1 aromatic heterocycles. The van der Waals surface area contributed by atoms with E-state index in [0.717, 1.165) is 5.82 Å². The van der Waals surface area contributed by atoms with Crippen LogP contribution in [0.1, 0.15) is 25.0 Å². The third-order valence-electron chi connectivity index (χ3n) is 2.60. The Morgan fingerprint density at radius 3 is 2.35 bits per heavy atom. The minimum absolute atomic E-state index is 0.959. The van der Waals surface area contributed by atoms with Gasteiger partial charge in [0.15, 0.2) is 5.82 Å². The van der Waals surface area contributed by atoms with E-state index in [0.29, 0.717) is 0 Å². The van der Waals surface area contributed by atoms with E-state index in [9.17, 15) is 0 Å². The molecule has 1 heterocycles. The Kier molecular flexibility index (Phi) is 4.87. The smallest absolute Gasteiger partial charge is 0.166 e. The molecule has 1 aromatic carbocycles. The molecule has 0 saturated carbocycles. The Bertz CT molecular complexity index is 503. The summed E-state index contributed by atoms with van der Waals surface area (Å²) in [7, 11) is 1.99. The number of hydrogen-bond donors (Lipinski definition) is 1. The molecular weight excluding hydrogens is 230 g/mol. The number of anilines is 1. The lowest BCUT2D eigenvalue weighted by molar-refractivity contribution is 0.800. The van der Waals surface area contributed by atoms with Crippen molar-refractivity contribution in [1.29, 1.82) is 0 Å². The summed E-state index contributed by atoms with van der Waals surface area (Å²) < 4.78 is 5.16. The maximum absolute atomic E-state index is 4.49. The summed E-state index contributed by atoms with van der Waals surface area (Å²) in [4.78, 5) is 0. The number of nitrogens with one attached hydrogen (secondary N) is 1. The zero-order valence-corrected chi connectivity index (χ0v) is 12.3. The van der Waals surface area contributed by atoms with Crippen LogP contribution in [0.25, 0.3) is 10.9 Å². The number of fused-ring (bicyclic) bond motifs is 1. The number of rotatable bonds is 2. The molecule has 3 nitrogen and oxygen atoms in total. The molecule has 0 atom stereocenters. The van der Waals surface area contributed by atoms with E-state index >= 15 is 0 Å². The zero-order valence-electron chi connectivity index (χ0n) is 11.5. The van der Waals surface area contributed by atoms with Crippen molar-refractivity contribution >= 4 is 28.7 Å². The second-order valence-electron chi connectivity index (χ2n) is 3.70. The Morgan fingerprint density at radius 1 is 1.18 bits per heavy atom. The van der Waals surface area contributed by atoms with E-state index in [4.69, 9.17) is 0 Å². The fourth-order valence-corrected chi connectivity index (χ4v) is 2.27. The van der Waals surface area contributed by atoms with Crippen LogP contribution >= 0.6 is 11.9 Å². The average Bonchev–Trinajstić information content (AvgIpc) is 2.66. The fraction of sp³-hybridized carbons (Fsp3) is 0.462. The lowest BCUT2D eigenvalue weighted by Crippen LogP contribution is -1.92. The fourth-order valence-electron chi connectivity index (χ4n) is 1.93. The Labute approximate surface area is 108 Å². The summed E-state index contributed by atoms with van der Waals surface area (Å²) in [5.74, 6) is 0.959. The predicted octanol–water partition coefficient (Wildman–Crippen LogP) is 3.91. The highest BCUT2D eigenvalue weighted by Gasteiger charge is 2.11. The van der Waals surface area contributed by atoms with Crippen LogP contribution in [0, 0.1) is 13.8 Å². The SMILES string of the molecule is CC.CSNc1nn(C)c2c(C)ccc(C)c12. The van der Waals surface area contributed by atoms with E-state index in [1.807, 2.05) is 31.8 Å². The molecule has 0 saturated heterocycles. The molecule has 94 valence electrons. The van der Waals surface area contributed by atoms with Crippen molar-refractivity contribution in [3.05, 3.63) is 23.3 Å². The summed E-state index contributed by atoms with van der Waals surface area (Å²) in [5, 5.41) is 5.71. The highest BCUT2D eigenvalue weighted by molar-refractivity contribution is 7.99. The first-order valence-electron chi connectivity index (χ1n) is 5.87. The van der Waals surface area contributed by atoms with E-state index in [2.05, 4.69) is 35.8 Å². The van der Waals surface area contributed by atoms with Crippen molar-refractivity contribution in [2.45, 2.75) is 27.7 Å². The van der Waals surface area contributed by atoms with Crippen LogP contribution in [0.4, 0.5) is 5.82 Å². The standard InChI is InChI=1S/C11H15N3S.C2H6/c1-7-5-6-8(2)10-9(7)11(13-15-4)12-14(10)3;1-2/h5-6H,1-4H3,(H,12,13);1-2H3. The van der Waals surface area contributed by atoms with E-state index in [-0.39, 0.29) is 0 Å². The normalized spacial score (nSPS) is 10.0. The summed E-state index contributed by atoms with van der Waals surface area (Å²) in [6.07, 6.45) is 2.01. The van der Waals surface area contributed by atoms with Crippen molar-refractivity contribution in [3.63, 3.8) is 0 Å². The maximum atomic E-state index is 4.49. The molecule has 0 fully saturated rings. The third-order valence-corrected chi connectivity index (χ3v) is 2.99. The van der Waals surface area contributed by atoms with Crippen molar-refractivity contribution in [3.8, 4) is 0 Å². The molecule has 0 spiro atoms. The highest BCUT2D eigenvalue weighted by Crippen LogP contribution is 2.29. The molecule has 1 N–H and O–H groups in total. The summed E-state index contributed by atoms with van der Waals surface area (Å²) >= 11 is 1.57. The summed E-state index contributed by atoms with van der Waals surface area (Å²) in [6.45, 7) is 8.24. The minimum atomic E-state index is 0.959. The van der Waals surface area contributed by atoms with Crippen LogP contribution < -0.4 is 4.72 Å². The molecule has 2 rings (SSSR count). The third kappa shape index (κ3) is 2.57. The van der Waals surface area contributed by atoms with Gasteiger partial charge in [0, 0.05) is 18.7 Å². The van der Waals surface area contributed by atoms with Gasteiger partial charge >= 0.3 is 0 Å². The quantitative estimate of drug-likeness (QED) is 0.821. The first-order chi connectivity index (χ1) is 8.15. The number of hydrogen-bond acceptors (Lipinski definition) is 3. The number of nitrogens with zero attached hydrogens (tertiary/aromatic N) is 2. The molecule has 2 aromatic rings. The molecule has 0 unspecified atom stereocenters. The van der Waals surface area contributed by atoms with Crippen molar-refractivity contribution in [2.75, 3.05) is 11.0 Å². The number of benzene rings is 1. The van der Waals surface area contributed by atoms with Gasteiger partial charge in [0.05, 0.1) is 5.52 Å². The predicted molar refractivity (Wildman–Crippen MR) is 78.7 cm³/mol. The van der Waals surface area contributed by atoms with Gasteiger partial charge in [-0.2, -0.15) is 5.10 Å². The zero-order chi connectivity index (χ0) is 13.0. The van der Waals surface area contributed by atoms with Crippen molar-refractivity contribution in [2.24, 2.45) is 7.05 Å². The first kappa shape index (κ1) is 13.9. The van der Waals surface area contributed by atoms with Gasteiger partial charge in [-0.3, -0.25) is 4.68 Å². The van der Waals surface area contributed by atoms with Gasteiger partial charge in [-0.25, -0.2) is 0 Å². The van der Waals surface area contributed by atoms with Gasteiger partial charge in [0.25, 0.3) is 0 Å². The lowest BCUT2D eigenvalue weighted by atomic mass is 10.1. The second-order valence-corrected chi connectivity index (χ2v) is 4.31. The van der Waals surface area contributed by atoms with Crippen LogP contribution in [-0.4, -0.2) is 16.0 Å². The summed E-state index contributed by atoms with van der Waals surface area (Å²) in [6, 6.07) is 4.28. The van der Waals surface area contributed by atoms with Crippen LogP contribution in [0.3, 0.4) is 0 Å². The molecule has 0 radical (unpaired) electrons. The topological polar surface area (TPSA) is 29.9 Å². The monoisotopic (exact) mass is 251 g/mol. The molecule has 4 heteroatoms. The van der Waals surface area contributed by atoms with Gasteiger partial charge in [-0.05, 0) is 25.0 Å². The average molecular weight is 251 g/mol. The van der Waals surface area contributed by atoms with Gasteiger partial charge in [0.1, 0.15) is 0 Å². The van der Waals surface area contributed by atoms with E-state index in [1.165, 1.54) is 22.0 Å². The van der Waals surface area contributed by atoms with Crippen molar-refractivity contribution in [1.82, 2.24) is 9.78 Å². The Hall–Kier alpha value is -1.16. The number of aryl methyl sites for hydroxylation is 3. The summed E-state index contributed by atoms with van der Waals surface area (Å²) in [5.41, 5.74) is 3.74. The van der Waals surface area contributed by atoms with Crippen LogP contribution in [0.2, 0.25) is 0 Å². The van der Waals surface area contributed by atoms with Gasteiger partial charge in [0.2, 0.25) is 0 Å². The Morgan fingerprint density at radius 2 is 1.76 bits per heavy atom. The van der Waals surface area contributed by atoms with E-state index < -0.39 is 0 Å².